The molecule has 2 rings (SSSR count). The molecule has 1 aromatic rings. The SMILES string of the molecule is C[C@@H](C(=O)Nc1ccccc1C#N)[NH+]1CCCCCC1. The quantitative estimate of drug-likeness (QED) is 0.872. The lowest BCUT2D eigenvalue weighted by atomic mass is 10.1. The van der Waals surface area contributed by atoms with Crippen molar-refractivity contribution in [2.75, 3.05) is 18.4 Å². The fraction of sp³-hybridized carbons (Fsp3) is 0.500. The zero-order valence-corrected chi connectivity index (χ0v) is 12.0. The highest BCUT2D eigenvalue weighted by molar-refractivity contribution is 5.94. The van der Waals surface area contributed by atoms with Gasteiger partial charge in [0.1, 0.15) is 6.07 Å². The predicted molar refractivity (Wildman–Crippen MR) is 78.4 cm³/mol. The highest BCUT2D eigenvalue weighted by Crippen LogP contribution is 2.13. The van der Waals surface area contributed by atoms with E-state index in [1.54, 1.807) is 18.2 Å². The van der Waals surface area contributed by atoms with Crippen LogP contribution in [-0.2, 0) is 4.79 Å². The van der Waals surface area contributed by atoms with Gasteiger partial charge in [-0.05, 0) is 44.7 Å². The molecule has 0 aromatic heterocycles. The molecule has 1 aliphatic heterocycles. The van der Waals surface area contributed by atoms with E-state index in [9.17, 15) is 4.79 Å². The number of nitrogens with zero attached hydrogens (tertiary/aromatic N) is 1. The summed E-state index contributed by atoms with van der Waals surface area (Å²) in [5.41, 5.74) is 1.12. The molecule has 1 aliphatic rings. The van der Waals surface area contributed by atoms with Crippen LogP contribution in [0.3, 0.4) is 0 Å². The van der Waals surface area contributed by atoms with E-state index in [1.165, 1.54) is 30.6 Å². The molecule has 20 heavy (non-hydrogen) atoms. The van der Waals surface area contributed by atoms with E-state index >= 15 is 0 Å². The minimum Gasteiger partial charge on any atom is -0.325 e. The number of anilines is 1. The van der Waals surface area contributed by atoms with E-state index in [4.69, 9.17) is 5.26 Å². The second-order valence-electron chi connectivity index (χ2n) is 5.44. The number of hydrogen-bond acceptors (Lipinski definition) is 2. The Balaban J connectivity index is 2.02. The molecule has 1 fully saturated rings. The number of carbonyl (C=O) groups is 1. The fourth-order valence-corrected chi connectivity index (χ4v) is 2.73. The molecule has 0 saturated carbocycles. The molecule has 1 heterocycles. The number of rotatable bonds is 3. The minimum atomic E-state index is -0.0696. The average Bonchev–Trinajstić information content (AvgIpc) is 2.76. The monoisotopic (exact) mass is 272 g/mol. The maximum absolute atomic E-state index is 12.4. The summed E-state index contributed by atoms with van der Waals surface area (Å²) in [7, 11) is 0. The number of hydrogen-bond donors (Lipinski definition) is 2. The maximum atomic E-state index is 12.4. The van der Waals surface area contributed by atoms with Crippen molar-refractivity contribution in [2.45, 2.75) is 38.6 Å². The van der Waals surface area contributed by atoms with Gasteiger partial charge < -0.3 is 10.2 Å². The summed E-state index contributed by atoms with van der Waals surface area (Å²) >= 11 is 0. The van der Waals surface area contributed by atoms with E-state index in [1.807, 2.05) is 13.0 Å². The van der Waals surface area contributed by atoms with Crippen LogP contribution in [0.25, 0.3) is 0 Å². The number of quaternary nitrogens is 1. The van der Waals surface area contributed by atoms with Crippen LogP contribution >= 0.6 is 0 Å². The average molecular weight is 272 g/mol. The second kappa shape index (κ2) is 7.06. The third-order valence-electron chi connectivity index (χ3n) is 4.06. The van der Waals surface area contributed by atoms with Gasteiger partial charge in [0.15, 0.2) is 6.04 Å². The molecule has 2 N–H and O–H groups in total. The van der Waals surface area contributed by atoms with Crippen LogP contribution in [-0.4, -0.2) is 25.0 Å². The van der Waals surface area contributed by atoms with Crippen molar-refractivity contribution in [1.29, 1.82) is 5.26 Å². The third-order valence-corrected chi connectivity index (χ3v) is 4.06. The van der Waals surface area contributed by atoms with Crippen molar-refractivity contribution < 1.29 is 9.69 Å². The summed E-state index contributed by atoms with van der Waals surface area (Å²) < 4.78 is 0. The number of benzene rings is 1. The van der Waals surface area contributed by atoms with Crippen molar-refractivity contribution in [3.05, 3.63) is 29.8 Å². The van der Waals surface area contributed by atoms with Crippen molar-refractivity contribution in [2.24, 2.45) is 0 Å². The highest BCUT2D eigenvalue weighted by atomic mass is 16.2. The first-order valence-electron chi connectivity index (χ1n) is 7.37. The summed E-state index contributed by atoms with van der Waals surface area (Å²) in [4.78, 5) is 13.7. The molecular weight excluding hydrogens is 250 g/mol. The van der Waals surface area contributed by atoms with Crippen molar-refractivity contribution >= 4 is 11.6 Å². The van der Waals surface area contributed by atoms with Crippen LogP contribution in [0.1, 0.15) is 38.2 Å². The molecule has 0 radical (unpaired) electrons. The van der Waals surface area contributed by atoms with E-state index in [0.717, 1.165) is 13.1 Å². The fourth-order valence-electron chi connectivity index (χ4n) is 2.73. The summed E-state index contributed by atoms with van der Waals surface area (Å²) in [5.74, 6) is 0.00426. The highest BCUT2D eigenvalue weighted by Gasteiger charge is 2.26. The summed E-state index contributed by atoms with van der Waals surface area (Å²) in [5, 5.41) is 11.9. The summed E-state index contributed by atoms with van der Waals surface area (Å²) in [6.45, 7) is 4.11. The maximum Gasteiger partial charge on any atom is 0.282 e. The number of nitriles is 1. The molecule has 4 heteroatoms. The van der Waals surface area contributed by atoms with Crippen molar-refractivity contribution in [1.82, 2.24) is 0 Å². The lowest BCUT2D eigenvalue weighted by Crippen LogP contribution is -3.16. The Morgan fingerprint density at radius 1 is 1.25 bits per heavy atom. The molecule has 0 unspecified atom stereocenters. The predicted octanol–water partition coefficient (Wildman–Crippen LogP) is 1.34. The Morgan fingerprint density at radius 3 is 2.55 bits per heavy atom. The topological polar surface area (TPSA) is 57.3 Å². The summed E-state index contributed by atoms with van der Waals surface area (Å²) in [6.07, 6.45) is 4.94. The summed E-state index contributed by atoms with van der Waals surface area (Å²) in [6, 6.07) is 9.17. The first-order valence-corrected chi connectivity index (χ1v) is 7.37. The van der Waals surface area contributed by atoms with Crippen LogP contribution in [0.5, 0.6) is 0 Å². The first-order chi connectivity index (χ1) is 9.72. The normalized spacial score (nSPS) is 17.8. The van der Waals surface area contributed by atoms with Crippen LogP contribution in [0.15, 0.2) is 24.3 Å². The molecule has 1 saturated heterocycles. The van der Waals surface area contributed by atoms with Crippen LogP contribution in [0.2, 0.25) is 0 Å². The molecular formula is C16H22N3O+. The van der Waals surface area contributed by atoms with E-state index in [-0.39, 0.29) is 11.9 Å². The lowest BCUT2D eigenvalue weighted by Gasteiger charge is -2.23. The largest absolute Gasteiger partial charge is 0.325 e. The number of nitrogens with one attached hydrogen (secondary N) is 2. The molecule has 106 valence electrons. The lowest BCUT2D eigenvalue weighted by molar-refractivity contribution is -0.913. The standard InChI is InChI=1S/C16H21N3O/c1-13(19-10-6-2-3-7-11-19)16(20)18-15-9-5-4-8-14(15)12-17/h4-5,8-9,13H,2-3,6-7,10-11H2,1H3,(H,18,20)/p+1/t13-/m0/s1. The third kappa shape index (κ3) is 3.58. The van der Waals surface area contributed by atoms with Gasteiger partial charge in [-0.1, -0.05) is 12.1 Å². The Labute approximate surface area is 120 Å². The van der Waals surface area contributed by atoms with Crippen molar-refractivity contribution in [3.63, 3.8) is 0 Å². The first kappa shape index (κ1) is 14.5. The Morgan fingerprint density at radius 2 is 1.90 bits per heavy atom. The van der Waals surface area contributed by atoms with Crippen molar-refractivity contribution in [3.8, 4) is 6.07 Å². The smallest absolute Gasteiger partial charge is 0.282 e. The van der Waals surface area contributed by atoms with Crippen LogP contribution in [0.4, 0.5) is 5.69 Å². The zero-order valence-electron chi connectivity index (χ0n) is 12.0. The molecule has 4 nitrogen and oxygen atoms in total. The molecule has 0 spiro atoms. The number of likely N-dealkylation sites (tertiary alicyclic amines) is 1. The van der Waals surface area contributed by atoms with Gasteiger partial charge in [0.2, 0.25) is 0 Å². The molecule has 0 bridgehead atoms. The number of carbonyl (C=O) groups excluding carboxylic acids is 1. The van der Waals surface area contributed by atoms with Gasteiger partial charge in [-0.15, -0.1) is 0 Å². The Bertz CT molecular complexity index is 499. The van der Waals surface area contributed by atoms with Gasteiger partial charge in [-0.25, -0.2) is 0 Å². The molecule has 1 atom stereocenters. The number of amides is 1. The Hall–Kier alpha value is -1.86. The minimum absolute atomic E-state index is 0.00426. The van der Waals surface area contributed by atoms with Gasteiger partial charge in [0.25, 0.3) is 5.91 Å². The van der Waals surface area contributed by atoms with E-state index in [2.05, 4.69) is 11.4 Å². The molecule has 1 amide bonds. The van der Waals surface area contributed by atoms with Crippen LogP contribution < -0.4 is 10.2 Å². The number of para-hydroxylation sites is 1. The molecule has 0 aliphatic carbocycles. The van der Waals surface area contributed by atoms with Gasteiger partial charge in [-0.2, -0.15) is 5.26 Å². The van der Waals surface area contributed by atoms with Crippen LogP contribution in [0, 0.1) is 11.3 Å². The second-order valence-corrected chi connectivity index (χ2v) is 5.44. The van der Waals surface area contributed by atoms with Gasteiger partial charge in [0.05, 0.1) is 24.3 Å². The molecule has 1 aromatic carbocycles. The zero-order chi connectivity index (χ0) is 14.4. The van der Waals surface area contributed by atoms with Gasteiger partial charge in [0, 0.05) is 0 Å². The Kier molecular flexibility index (Phi) is 5.14. The van der Waals surface area contributed by atoms with E-state index in [0.29, 0.717) is 11.3 Å². The van der Waals surface area contributed by atoms with E-state index < -0.39 is 0 Å². The van der Waals surface area contributed by atoms with Gasteiger partial charge in [-0.3, -0.25) is 4.79 Å². The van der Waals surface area contributed by atoms with Gasteiger partial charge >= 0.3 is 0 Å².